The lowest BCUT2D eigenvalue weighted by Crippen LogP contribution is -2.24. The summed E-state index contributed by atoms with van der Waals surface area (Å²) in [6.45, 7) is 2.10. The maximum absolute atomic E-state index is 12.4. The largest absolute Gasteiger partial charge is 0.462 e. The SMILES string of the molecule is CCCCCC(=O)/C=C/C1C(OC(=O)c2ccccc2)CC2OC(=O)CC21. The first-order chi connectivity index (χ1) is 13.1. The van der Waals surface area contributed by atoms with Crippen LogP contribution in [0.4, 0.5) is 0 Å². The summed E-state index contributed by atoms with van der Waals surface area (Å²) in [6.07, 6.45) is 7.08. The molecule has 2 aliphatic rings. The maximum Gasteiger partial charge on any atom is 0.338 e. The summed E-state index contributed by atoms with van der Waals surface area (Å²) < 4.78 is 11.1. The van der Waals surface area contributed by atoms with Crippen LogP contribution < -0.4 is 0 Å². The van der Waals surface area contributed by atoms with Gasteiger partial charge in [0.05, 0.1) is 12.0 Å². The van der Waals surface area contributed by atoms with Gasteiger partial charge >= 0.3 is 11.9 Å². The standard InChI is InChI=1S/C22H26O5/c1-2-3-5-10-16(23)11-12-17-18-13-21(24)26-20(18)14-19(17)27-22(25)15-8-6-4-7-9-15/h4,6-9,11-12,17-20H,2-3,5,10,13-14H2,1H3/b12-11+. The van der Waals surface area contributed by atoms with Crippen molar-refractivity contribution in [2.24, 2.45) is 11.8 Å². The van der Waals surface area contributed by atoms with E-state index in [1.165, 1.54) is 0 Å². The minimum atomic E-state index is -0.389. The summed E-state index contributed by atoms with van der Waals surface area (Å²) in [5.74, 6) is -0.745. The minimum Gasteiger partial charge on any atom is -0.462 e. The average molecular weight is 370 g/mol. The molecule has 1 aromatic rings. The quantitative estimate of drug-likeness (QED) is 0.395. The van der Waals surface area contributed by atoms with Crippen LogP contribution in [-0.4, -0.2) is 29.9 Å². The molecule has 0 radical (unpaired) electrons. The highest BCUT2D eigenvalue weighted by Gasteiger charge is 2.50. The lowest BCUT2D eigenvalue weighted by atomic mass is 9.91. The third-order valence-corrected chi connectivity index (χ3v) is 5.35. The summed E-state index contributed by atoms with van der Waals surface area (Å²) in [5, 5.41) is 0. The van der Waals surface area contributed by atoms with Crippen LogP contribution in [0.15, 0.2) is 42.5 Å². The monoisotopic (exact) mass is 370 g/mol. The number of esters is 2. The van der Waals surface area contributed by atoms with Gasteiger partial charge in [-0.15, -0.1) is 0 Å². The molecule has 0 aromatic heterocycles. The zero-order chi connectivity index (χ0) is 19.2. The van der Waals surface area contributed by atoms with Crippen molar-refractivity contribution < 1.29 is 23.9 Å². The number of allylic oxidation sites excluding steroid dienone is 1. The number of hydrogen-bond acceptors (Lipinski definition) is 5. The first kappa shape index (κ1) is 19.3. The summed E-state index contributed by atoms with van der Waals surface area (Å²) in [5.41, 5.74) is 0.491. The van der Waals surface area contributed by atoms with Crippen LogP contribution in [0.3, 0.4) is 0 Å². The third-order valence-electron chi connectivity index (χ3n) is 5.35. The van der Waals surface area contributed by atoms with Crippen molar-refractivity contribution in [3.63, 3.8) is 0 Å². The summed E-state index contributed by atoms with van der Waals surface area (Å²) in [6, 6.07) is 8.83. The van der Waals surface area contributed by atoms with Crippen molar-refractivity contribution >= 4 is 17.7 Å². The van der Waals surface area contributed by atoms with Crippen LogP contribution in [-0.2, 0) is 19.1 Å². The highest BCUT2D eigenvalue weighted by atomic mass is 16.6. The van der Waals surface area contributed by atoms with Crippen LogP contribution in [0, 0.1) is 11.8 Å². The smallest absolute Gasteiger partial charge is 0.338 e. The highest BCUT2D eigenvalue weighted by Crippen LogP contribution is 2.43. The van der Waals surface area contributed by atoms with Crippen LogP contribution in [0.5, 0.6) is 0 Å². The second kappa shape index (κ2) is 8.98. The Hall–Kier alpha value is -2.43. The number of rotatable bonds is 8. The van der Waals surface area contributed by atoms with E-state index in [9.17, 15) is 14.4 Å². The number of benzene rings is 1. The van der Waals surface area contributed by atoms with Gasteiger partial charge in [0, 0.05) is 24.7 Å². The Kier molecular flexibility index (Phi) is 6.43. The fourth-order valence-corrected chi connectivity index (χ4v) is 3.92. The average Bonchev–Trinajstić information content (AvgIpc) is 3.16. The molecule has 1 aliphatic carbocycles. The number of unbranched alkanes of at least 4 members (excludes halogenated alkanes) is 2. The topological polar surface area (TPSA) is 69.7 Å². The predicted molar refractivity (Wildman–Crippen MR) is 100 cm³/mol. The van der Waals surface area contributed by atoms with E-state index in [-0.39, 0.29) is 41.8 Å². The van der Waals surface area contributed by atoms with Crippen molar-refractivity contribution in [2.75, 3.05) is 0 Å². The van der Waals surface area contributed by atoms with Gasteiger partial charge in [0.1, 0.15) is 12.2 Å². The molecule has 0 N–H and O–H groups in total. The molecule has 1 saturated carbocycles. The van der Waals surface area contributed by atoms with E-state index in [0.29, 0.717) is 24.8 Å². The van der Waals surface area contributed by atoms with Gasteiger partial charge in [-0.05, 0) is 24.6 Å². The Morgan fingerprint density at radius 1 is 1.22 bits per heavy atom. The molecule has 27 heavy (non-hydrogen) atoms. The third kappa shape index (κ3) is 4.85. The number of carbonyl (C=O) groups excluding carboxylic acids is 3. The minimum absolute atomic E-state index is 0.0363. The van der Waals surface area contributed by atoms with Gasteiger partial charge in [-0.2, -0.15) is 0 Å². The van der Waals surface area contributed by atoms with E-state index in [1.54, 1.807) is 30.3 Å². The number of ether oxygens (including phenoxy) is 2. The fraction of sp³-hybridized carbons (Fsp3) is 0.500. The highest BCUT2D eigenvalue weighted by molar-refractivity contribution is 5.90. The van der Waals surface area contributed by atoms with E-state index in [2.05, 4.69) is 6.92 Å². The molecule has 0 spiro atoms. The maximum atomic E-state index is 12.4. The van der Waals surface area contributed by atoms with Crippen LogP contribution in [0.2, 0.25) is 0 Å². The Morgan fingerprint density at radius 3 is 2.74 bits per heavy atom. The van der Waals surface area contributed by atoms with Crippen molar-refractivity contribution in [3.05, 3.63) is 48.0 Å². The first-order valence-corrected chi connectivity index (χ1v) is 9.75. The van der Waals surface area contributed by atoms with E-state index in [4.69, 9.17) is 9.47 Å². The molecular weight excluding hydrogens is 344 g/mol. The van der Waals surface area contributed by atoms with Crippen molar-refractivity contribution in [1.82, 2.24) is 0 Å². The van der Waals surface area contributed by atoms with Crippen molar-refractivity contribution in [2.45, 2.75) is 57.7 Å². The van der Waals surface area contributed by atoms with Gasteiger partial charge in [-0.3, -0.25) is 9.59 Å². The van der Waals surface area contributed by atoms with Crippen LogP contribution in [0.25, 0.3) is 0 Å². The normalized spacial score (nSPS) is 26.8. The molecule has 4 atom stereocenters. The molecular formula is C22H26O5. The molecule has 5 heteroatoms. The van der Waals surface area contributed by atoms with Gasteiger partial charge in [0.15, 0.2) is 5.78 Å². The molecule has 2 fully saturated rings. The number of carbonyl (C=O) groups is 3. The van der Waals surface area contributed by atoms with Gasteiger partial charge in [0.25, 0.3) is 0 Å². The Labute approximate surface area is 159 Å². The zero-order valence-electron chi connectivity index (χ0n) is 15.6. The van der Waals surface area contributed by atoms with E-state index < -0.39 is 0 Å². The van der Waals surface area contributed by atoms with Gasteiger partial charge in [-0.1, -0.05) is 44.0 Å². The molecule has 0 bridgehead atoms. The predicted octanol–water partition coefficient (Wildman–Crippen LogP) is 3.87. The van der Waals surface area contributed by atoms with Crippen LogP contribution >= 0.6 is 0 Å². The second-order valence-corrected chi connectivity index (χ2v) is 7.30. The molecule has 3 rings (SSSR count). The van der Waals surface area contributed by atoms with Gasteiger partial charge in [0.2, 0.25) is 0 Å². The lowest BCUT2D eigenvalue weighted by Gasteiger charge is -2.20. The van der Waals surface area contributed by atoms with E-state index in [1.807, 2.05) is 12.1 Å². The Balaban J connectivity index is 1.67. The Morgan fingerprint density at radius 2 is 2.00 bits per heavy atom. The second-order valence-electron chi connectivity index (χ2n) is 7.30. The molecule has 144 valence electrons. The summed E-state index contributed by atoms with van der Waals surface area (Å²) >= 11 is 0. The summed E-state index contributed by atoms with van der Waals surface area (Å²) in [7, 11) is 0. The number of hydrogen-bond donors (Lipinski definition) is 0. The van der Waals surface area contributed by atoms with Crippen molar-refractivity contribution in [3.8, 4) is 0 Å². The molecule has 1 aromatic carbocycles. The molecule has 5 nitrogen and oxygen atoms in total. The first-order valence-electron chi connectivity index (χ1n) is 9.75. The van der Waals surface area contributed by atoms with Crippen molar-refractivity contribution in [1.29, 1.82) is 0 Å². The molecule has 1 heterocycles. The molecule has 1 aliphatic heterocycles. The Bertz CT molecular complexity index is 709. The number of ketones is 1. The molecule has 0 amide bonds. The van der Waals surface area contributed by atoms with E-state index >= 15 is 0 Å². The van der Waals surface area contributed by atoms with E-state index in [0.717, 1.165) is 19.3 Å². The fourth-order valence-electron chi connectivity index (χ4n) is 3.92. The van der Waals surface area contributed by atoms with Crippen LogP contribution in [0.1, 0.15) is 55.8 Å². The molecule has 1 saturated heterocycles. The van der Waals surface area contributed by atoms with Gasteiger partial charge < -0.3 is 9.47 Å². The zero-order valence-corrected chi connectivity index (χ0v) is 15.6. The number of fused-ring (bicyclic) bond motifs is 1. The van der Waals surface area contributed by atoms with Gasteiger partial charge in [-0.25, -0.2) is 4.79 Å². The molecule has 4 unspecified atom stereocenters. The summed E-state index contributed by atoms with van der Waals surface area (Å²) in [4.78, 5) is 36.2. The lowest BCUT2D eigenvalue weighted by molar-refractivity contribution is -0.141.